The van der Waals surface area contributed by atoms with E-state index in [1.807, 2.05) is 12.1 Å². The summed E-state index contributed by atoms with van der Waals surface area (Å²) in [5.41, 5.74) is 4.78. The van der Waals surface area contributed by atoms with Crippen LogP contribution in [0.4, 0.5) is 20.6 Å². The molecule has 2 aliphatic heterocycles. The van der Waals surface area contributed by atoms with Crippen molar-refractivity contribution in [3.63, 3.8) is 0 Å². The quantitative estimate of drug-likeness (QED) is 0.200. The molecule has 0 radical (unpaired) electrons. The fourth-order valence-electron chi connectivity index (χ4n) is 6.07. The van der Waals surface area contributed by atoms with Crippen molar-refractivity contribution in [3.8, 4) is 11.3 Å². The Morgan fingerprint density at radius 3 is 2.15 bits per heavy atom. The van der Waals surface area contributed by atoms with Crippen molar-refractivity contribution in [2.45, 2.75) is 43.8 Å². The summed E-state index contributed by atoms with van der Waals surface area (Å²) in [5.74, 6) is 0.349. The summed E-state index contributed by atoms with van der Waals surface area (Å²) in [4.78, 5) is 33.8. The van der Waals surface area contributed by atoms with Crippen molar-refractivity contribution >= 4 is 17.5 Å². The zero-order chi connectivity index (χ0) is 27.8. The number of nitro benzene ring substituents is 1. The van der Waals surface area contributed by atoms with E-state index in [0.29, 0.717) is 12.4 Å². The van der Waals surface area contributed by atoms with Crippen molar-refractivity contribution < 1.29 is 19.2 Å². The lowest BCUT2D eigenvalue weighted by atomic mass is 10.0. The fourth-order valence-corrected chi connectivity index (χ4v) is 6.07. The molecule has 2 fully saturated rings. The smallest absolute Gasteiger partial charge is 0.407 e. The van der Waals surface area contributed by atoms with Gasteiger partial charge in [-0.05, 0) is 66.6 Å². The van der Waals surface area contributed by atoms with E-state index in [1.165, 1.54) is 29.2 Å². The summed E-state index contributed by atoms with van der Waals surface area (Å²) in [5, 5.41) is 20.6. The molecule has 3 aromatic carbocycles. The second kappa shape index (κ2) is 10.4. The highest BCUT2D eigenvalue weighted by Gasteiger charge is 2.36. The number of H-pyrrole nitrogens is 1. The van der Waals surface area contributed by atoms with Crippen LogP contribution in [0.1, 0.15) is 60.8 Å². The second-order valence-electron chi connectivity index (χ2n) is 10.3. The number of nitro groups is 1. The molecule has 0 saturated carbocycles. The number of halogens is 1. The Hall–Kier alpha value is -4.73. The average Bonchev–Trinajstić information content (AvgIpc) is 3.73. The molecule has 2 N–H and O–H groups in total. The van der Waals surface area contributed by atoms with Crippen molar-refractivity contribution in [3.05, 3.63) is 112 Å². The van der Waals surface area contributed by atoms with Gasteiger partial charge >= 0.3 is 6.09 Å². The van der Waals surface area contributed by atoms with Crippen LogP contribution in [0.5, 0.6) is 0 Å². The number of rotatable bonds is 6. The van der Waals surface area contributed by atoms with Gasteiger partial charge < -0.3 is 15.0 Å². The monoisotopic (exact) mass is 541 g/mol. The number of aromatic nitrogens is 2. The molecular formula is C30H28FN5O4. The Morgan fingerprint density at radius 1 is 0.925 bits per heavy atom. The SMILES string of the molecule is O=C(O)N1CCCC1c1ncc(-c2ccc(C3CCC(c4ccc([N+](=O)[O-])cc4)N3c3ccc(F)cc3)cc2)[nH]1. The molecule has 204 valence electrons. The first kappa shape index (κ1) is 25.5. The van der Waals surface area contributed by atoms with Gasteiger partial charge in [0, 0.05) is 24.4 Å². The van der Waals surface area contributed by atoms with Crippen molar-refractivity contribution in [2.75, 3.05) is 11.4 Å². The summed E-state index contributed by atoms with van der Waals surface area (Å²) >= 11 is 0. The largest absolute Gasteiger partial charge is 0.465 e. The number of non-ortho nitro benzene ring substituents is 1. The van der Waals surface area contributed by atoms with Gasteiger partial charge in [-0.15, -0.1) is 0 Å². The highest BCUT2D eigenvalue weighted by Crippen LogP contribution is 2.47. The number of carboxylic acid groups (broad SMARTS) is 1. The maximum atomic E-state index is 13.8. The molecule has 3 heterocycles. The van der Waals surface area contributed by atoms with E-state index in [1.54, 1.807) is 30.5 Å². The number of carbonyl (C=O) groups is 1. The Bertz CT molecular complexity index is 1520. The predicted octanol–water partition coefficient (Wildman–Crippen LogP) is 7.02. The maximum absolute atomic E-state index is 13.8. The molecule has 3 unspecified atom stereocenters. The van der Waals surface area contributed by atoms with Gasteiger partial charge in [0.15, 0.2) is 0 Å². The third-order valence-electron chi connectivity index (χ3n) is 8.01. The normalized spacial score (nSPS) is 20.7. The summed E-state index contributed by atoms with van der Waals surface area (Å²) < 4.78 is 13.8. The van der Waals surface area contributed by atoms with E-state index < -0.39 is 11.0 Å². The van der Waals surface area contributed by atoms with Crippen LogP contribution in [0.3, 0.4) is 0 Å². The van der Waals surface area contributed by atoms with Crippen molar-refractivity contribution in [2.24, 2.45) is 0 Å². The third-order valence-corrected chi connectivity index (χ3v) is 8.01. The number of nitrogens with zero attached hydrogens (tertiary/aromatic N) is 4. The maximum Gasteiger partial charge on any atom is 0.407 e. The first-order valence-corrected chi connectivity index (χ1v) is 13.3. The zero-order valence-corrected chi connectivity index (χ0v) is 21.6. The highest BCUT2D eigenvalue weighted by molar-refractivity contribution is 5.66. The second-order valence-corrected chi connectivity index (χ2v) is 10.3. The molecule has 6 rings (SSSR count). The molecule has 1 amide bonds. The van der Waals surface area contributed by atoms with Gasteiger partial charge in [-0.2, -0.15) is 0 Å². The lowest BCUT2D eigenvalue weighted by Gasteiger charge is -2.33. The number of hydrogen-bond donors (Lipinski definition) is 2. The van der Waals surface area contributed by atoms with Gasteiger partial charge in [0.2, 0.25) is 0 Å². The Morgan fingerprint density at radius 2 is 1.55 bits per heavy atom. The molecule has 0 bridgehead atoms. The molecular weight excluding hydrogens is 513 g/mol. The Kier molecular flexibility index (Phi) is 6.67. The molecule has 2 saturated heterocycles. The highest BCUT2D eigenvalue weighted by atomic mass is 19.1. The minimum absolute atomic E-state index is 0.0188. The van der Waals surface area contributed by atoms with Gasteiger partial charge in [0.05, 0.1) is 34.9 Å². The lowest BCUT2D eigenvalue weighted by Crippen LogP contribution is -2.29. The number of hydrogen-bond acceptors (Lipinski definition) is 5. The number of imidazole rings is 1. The molecule has 1 aromatic heterocycles. The minimum atomic E-state index is -0.931. The van der Waals surface area contributed by atoms with Gasteiger partial charge in [-0.3, -0.25) is 15.0 Å². The summed E-state index contributed by atoms with van der Waals surface area (Å²) in [7, 11) is 0. The Labute approximate surface area is 230 Å². The van der Waals surface area contributed by atoms with E-state index in [4.69, 9.17) is 0 Å². The van der Waals surface area contributed by atoms with Gasteiger partial charge in [0.25, 0.3) is 5.69 Å². The van der Waals surface area contributed by atoms with Gasteiger partial charge in [0.1, 0.15) is 11.6 Å². The molecule has 2 aliphatic rings. The number of amides is 1. The summed E-state index contributed by atoms with van der Waals surface area (Å²) in [6.45, 7) is 0.511. The first-order valence-electron chi connectivity index (χ1n) is 13.3. The summed E-state index contributed by atoms with van der Waals surface area (Å²) in [6, 6.07) is 21.1. The number of likely N-dealkylation sites (tertiary alicyclic amines) is 1. The van der Waals surface area contributed by atoms with Crippen LogP contribution in [0.2, 0.25) is 0 Å². The molecule has 40 heavy (non-hydrogen) atoms. The predicted molar refractivity (Wildman–Crippen MR) is 147 cm³/mol. The lowest BCUT2D eigenvalue weighted by molar-refractivity contribution is -0.384. The van der Waals surface area contributed by atoms with E-state index >= 15 is 0 Å². The number of aromatic amines is 1. The van der Waals surface area contributed by atoms with Crippen LogP contribution >= 0.6 is 0 Å². The van der Waals surface area contributed by atoms with Gasteiger partial charge in [-0.1, -0.05) is 36.4 Å². The number of anilines is 1. The molecule has 9 nitrogen and oxygen atoms in total. The van der Waals surface area contributed by atoms with E-state index in [2.05, 4.69) is 27.0 Å². The van der Waals surface area contributed by atoms with Crippen LogP contribution in [0.15, 0.2) is 79.0 Å². The minimum Gasteiger partial charge on any atom is -0.465 e. The van der Waals surface area contributed by atoms with E-state index in [0.717, 1.165) is 53.8 Å². The third kappa shape index (κ3) is 4.76. The Balaban J connectivity index is 1.27. The molecule has 0 aliphatic carbocycles. The molecule has 4 aromatic rings. The fraction of sp³-hybridized carbons (Fsp3) is 0.267. The van der Waals surface area contributed by atoms with Crippen molar-refractivity contribution in [1.82, 2.24) is 14.9 Å². The first-order chi connectivity index (χ1) is 19.4. The van der Waals surface area contributed by atoms with Crippen LogP contribution in [0.25, 0.3) is 11.3 Å². The van der Waals surface area contributed by atoms with Crippen LogP contribution in [0, 0.1) is 15.9 Å². The van der Waals surface area contributed by atoms with Crippen LogP contribution in [-0.2, 0) is 0 Å². The average molecular weight is 542 g/mol. The van der Waals surface area contributed by atoms with Crippen LogP contribution < -0.4 is 4.90 Å². The number of benzene rings is 3. The topological polar surface area (TPSA) is 116 Å². The van der Waals surface area contributed by atoms with E-state index in [9.17, 15) is 24.4 Å². The van der Waals surface area contributed by atoms with Crippen molar-refractivity contribution in [1.29, 1.82) is 0 Å². The standard InChI is InChI=1S/C30H28FN5O4/c31-22-9-13-23(14-10-22)35-26(15-16-27(35)21-7-11-24(12-8-21)36(39)40)20-5-3-19(4-6-20)25-18-32-29(33-25)28-2-1-17-34(28)30(37)38/h3-14,18,26-28H,1-2,15-17H2,(H,32,33)(H,37,38). The molecule has 3 atom stereocenters. The number of nitrogens with one attached hydrogen (secondary N) is 1. The molecule has 0 spiro atoms. The van der Waals surface area contributed by atoms with Crippen LogP contribution in [-0.4, -0.2) is 37.5 Å². The van der Waals surface area contributed by atoms with Gasteiger partial charge in [-0.25, -0.2) is 14.2 Å². The molecule has 10 heteroatoms. The summed E-state index contributed by atoms with van der Waals surface area (Å²) in [6.07, 6.45) is 4.07. The zero-order valence-electron chi connectivity index (χ0n) is 21.6. The van der Waals surface area contributed by atoms with E-state index in [-0.39, 0.29) is 29.6 Å².